The van der Waals surface area contributed by atoms with Crippen molar-refractivity contribution >= 4 is 34.0 Å². The van der Waals surface area contributed by atoms with E-state index < -0.39 is 5.92 Å². The van der Waals surface area contributed by atoms with Gasteiger partial charge in [-0.1, -0.05) is 22.9 Å². The first-order valence-electron chi connectivity index (χ1n) is 8.86. The van der Waals surface area contributed by atoms with E-state index in [2.05, 4.69) is 25.2 Å². The monoisotopic (exact) mass is 397 g/mol. The first-order chi connectivity index (χ1) is 13.4. The van der Waals surface area contributed by atoms with Gasteiger partial charge in [0.1, 0.15) is 11.4 Å². The minimum atomic E-state index is -0.420. The van der Waals surface area contributed by atoms with Crippen LogP contribution < -0.4 is 10.2 Å². The van der Waals surface area contributed by atoms with Crippen LogP contribution >= 0.6 is 11.3 Å². The maximum absolute atomic E-state index is 12.7. The van der Waals surface area contributed by atoms with Crippen LogP contribution in [-0.2, 0) is 9.59 Å². The van der Waals surface area contributed by atoms with Crippen molar-refractivity contribution in [2.75, 3.05) is 16.8 Å². The number of nitrogens with one attached hydrogen (secondary N) is 1. The molecule has 0 radical (unpaired) electrons. The van der Waals surface area contributed by atoms with E-state index in [9.17, 15) is 9.59 Å². The van der Waals surface area contributed by atoms with E-state index in [0.29, 0.717) is 28.8 Å². The number of hydrogen-bond acceptors (Lipinski definition) is 7. The summed E-state index contributed by atoms with van der Waals surface area (Å²) in [6.07, 6.45) is 0.184. The Hall–Kier alpha value is -3.07. The smallest absolute Gasteiger partial charge is 0.231 e. The molecule has 1 N–H and O–H groups in total. The van der Waals surface area contributed by atoms with Gasteiger partial charge in [-0.3, -0.25) is 9.59 Å². The summed E-state index contributed by atoms with van der Waals surface area (Å²) < 4.78 is 4.69. The summed E-state index contributed by atoms with van der Waals surface area (Å²) in [6.45, 7) is 6.12. The molecule has 4 rings (SSSR count). The molecule has 3 aromatic rings. The molecule has 28 heavy (non-hydrogen) atoms. The van der Waals surface area contributed by atoms with E-state index in [1.807, 2.05) is 32.0 Å². The lowest BCUT2D eigenvalue weighted by Gasteiger charge is -2.19. The summed E-state index contributed by atoms with van der Waals surface area (Å²) >= 11 is 1.29. The topological polar surface area (TPSA) is 101 Å². The van der Waals surface area contributed by atoms with E-state index in [1.54, 1.807) is 17.2 Å². The van der Waals surface area contributed by atoms with Crippen molar-refractivity contribution in [3.8, 4) is 11.4 Å². The van der Waals surface area contributed by atoms with Gasteiger partial charge in [-0.25, -0.2) is 9.61 Å². The second-order valence-corrected chi connectivity index (χ2v) is 7.78. The maximum Gasteiger partial charge on any atom is 0.231 e. The second-order valence-electron chi connectivity index (χ2n) is 6.92. The van der Waals surface area contributed by atoms with Crippen LogP contribution in [0, 0.1) is 26.7 Å². The van der Waals surface area contributed by atoms with Crippen LogP contribution in [0.5, 0.6) is 0 Å². The Bertz CT molecular complexity index is 1060. The fourth-order valence-electron chi connectivity index (χ4n) is 3.34. The molecule has 1 aliphatic rings. The molecule has 1 saturated heterocycles. The van der Waals surface area contributed by atoms with Crippen molar-refractivity contribution in [1.29, 1.82) is 0 Å². The molecule has 9 heteroatoms. The first kappa shape index (κ1) is 18.3. The lowest BCUT2D eigenvalue weighted by Crippen LogP contribution is -2.28. The van der Waals surface area contributed by atoms with Gasteiger partial charge in [-0.15, -0.1) is 11.3 Å². The van der Waals surface area contributed by atoms with Crippen LogP contribution in [0.3, 0.4) is 0 Å². The van der Waals surface area contributed by atoms with E-state index in [-0.39, 0.29) is 18.2 Å². The van der Waals surface area contributed by atoms with Gasteiger partial charge in [0.25, 0.3) is 0 Å². The van der Waals surface area contributed by atoms with Gasteiger partial charge >= 0.3 is 0 Å². The molecule has 1 atom stereocenters. The summed E-state index contributed by atoms with van der Waals surface area (Å²) in [5.41, 5.74) is 4.80. The fraction of sp³-hybridized carbons (Fsp3) is 0.316. The van der Waals surface area contributed by atoms with Crippen molar-refractivity contribution in [2.45, 2.75) is 27.2 Å². The Morgan fingerprint density at radius 1 is 1.29 bits per heavy atom. The summed E-state index contributed by atoms with van der Waals surface area (Å²) in [6, 6.07) is 5.94. The zero-order chi connectivity index (χ0) is 19.8. The third kappa shape index (κ3) is 3.40. The molecular formula is C19H19N5O3S. The number of rotatable bonds is 4. The van der Waals surface area contributed by atoms with E-state index >= 15 is 0 Å². The highest BCUT2D eigenvalue weighted by atomic mass is 32.1. The molecule has 0 spiro atoms. The molecule has 144 valence electrons. The van der Waals surface area contributed by atoms with E-state index in [1.165, 1.54) is 11.3 Å². The lowest BCUT2D eigenvalue weighted by atomic mass is 10.1. The highest BCUT2D eigenvalue weighted by Crippen LogP contribution is 2.30. The van der Waals surface area contributed by atoms with Gasteiger partial charge in [0.05, 0.1) is 5.92 Å². The summed E-state index contributed by atoms with van der Waals surface area (Å²) in [4.78, 5) is 31.2. The largest absolute Gasteiger partial charge is 0.311 e. The highest BCUT2D eigenvalue weighted by Gasteiger charge is 2.36. The lowest BCUT2D eigenvalue weighted by molar-refractivity contribution is -0.122. The standard InChI is InChI=1S/C19H19N5O3S/c1-10-4-5-15(11(2)6-10)24-8-13(7-16(24)25)18(26)21-19-20-14(9-28-19)17-12(3)22-27-23-17/h4-6,9,13H,7-8H2,1-3H3,(H,20,21,26). The molecule has 1 unspecified atom stereocenters. The Kier molecular flexibility index (Phi) is 4.68. The third-order valence-corrected chi connectivity index (χ3v) is 5.53. The van der Waals surface area contributed by atoms with E-state index in [4.69, 9.17) is 0 Å². The Morgan fingerprint density at radius 2 is 2.11 bits per heavy atom. The van der Waals surface area contributed by atoms with Gasteiger partial charge in [0.2, 0.25) is 11.8 Å². The number of benzene rings is 1. The molecule has 3 heterocycles. The van der Waals surface area contributed by atoms with Gasteiger partial charge < -0.3 is 10.2 Å². The molecule has 2 aromatic heterocycles. The first-order valence-corrected chi connectivity index (χ1v) is 9.74. The van der Waals surface area contributed by atoms with Gasteiger partial charge in [0.15, 0.2) is 10.8 Å². The van der Waals surface area contributed by atoms with Crippen molar-refractivity contribution in [2.24, 2.45) is 5.92 Å². The number of amides is 2. The van der Waals surface area contributed by atoms with E-state index in [0.717, 1.165) is 16.8 Å². The number of anilines is 2. The third-order valence-electron chi connectivity index (χ3n) is 4.77. The molecular weight excluding hydrogens is 378 g/mol. The minimum Gasteiger partial charge on any atom is -0.311 e. The molecule has 1 aliphatic heterocycles. The summed E-state index contributed by atoms with van der Waals surface area (Å²) in [7, 11) is 0. The van der Waals surface area contributed by atoms with Crippen molar-refractivity contribution in [3.05, 3.63) is 40.4 Å². The van der Waals surface area contributed by atoms with Crippen molar-refractivity contribution < 1.29 is 14.2 Å². The van der Waals surface area contributed by atoms with Crippen LogP contribution in [-0.4, -0.2) is 33.7 Å². The number of carbonyl (C=O) groups excluding carboxylic acids is 2. The summed E-state index contributed by atoms with van der Waals surface area (Å²) in [5, 5.41) is 12.6. The zero-order valence-corrected chi connectivity index (χ0v) is 16.5. The maximum atomic E-state index is 12.7. The Morgan fingerprint density at radius 3 is 2.82 bits per heavy atom. The average molecular weight is 397 g/mol. The Labute approximate surface area is 165 Å². The highest BCUT2D eigenvalue weighted by molar-refractivity contribution is 7.14. The number of aryl methyl sites for hydroxylation is 3. The number of nitrogens with zero attached hydrogens (tertiary/aromatic N) is 4. The predicted molar refractivity (Wildman–Crippen MR) is 105 cm³/mol. The van der Waals surface area contributed by atoms with Crippen molar-refractivity contribution in [3.63, 3.8) is 0 Å². The number of aromatic nitrogens is 3. The molecule has 0 aliphatic carbocycles. The quantitative estimate of drug-likeness (QED) is 0.726. The molecule has 2 amide bonds. The SMILES string of the molecule is Cc1ccc(N2CC(C(=O)Nc3nc(-c4nonc4C)cs3)CC2=O)c(C)c1. The summed E-state index contributed by atoms with van der Waals surface area (Å²) in [5.74, 6) is -0.677. The fourth-order valence-corrected chi connectivity index (χ4v) is 4.03. The predicted octanol–water partition coefficient (Wildman–Crippen LogP) is 3.11. The molecule has 0 saturated carbocycles. The molecule has 1 fully saturated rings. The molecule has 0 bridgehead atoms. The zero-order valence-electron chi connectivity index (χ0n) is 15.7. The average Bonchev–Trinajstić information content (AvgIpc) is 3.35. The normalized spacial score (nSPS) is 16.6. The number of hydrogen-bond donors (Lipinski definition) is 1. The number of carbonyl (C=O) groups is 2. The number of thiazole rings is 1. The second kappa shape index (κ2) is 7.16. The minimum absolute atomic E-state index is 0.0452. The van der Waals surface area contributed by atoms with Crippen LogP contribution in [0.4, 0.5) is 10.8 Å². The van der Waals surface area contributed by atoms with Gasteiger partial charge in [-0.05, 0) is 37.6 Å². The molecule has 1 aromatic carbocycles. The van der Waals surface area contributed by atoms with Gasteiger partial charge in [-0.2, -0.15) is 0 Å². The van der Waals surface area contributed by atoms with Crippen LogP contribution in [0.2, 0.25) is 0 Å². The molecule has 8 nitrogen and oxygen atoms in total. The van der Waals surface area contributed by atoms with Crippen LogP contribution in [0.15, 0.2) is 28.2 Å². The van der Waals surface area contributed by atoms with Crippen molar-refractivity contribution in [1.82, 2.24) is 15.3 Å². The van der Waals surface area contributed by atoms with Crippen LogP contribution in [0.25, 0.3) is 11.4 Å². The van der Waals surface area contributed by atoms with Gasteiger partial charge in [0, 0.05) is 24.0 Å². The van der Waals surface area contributed by atoms with Crippen LogP contribution in [0.1, 0.15) is 23.2 Å². The Balaban J connectivity index is 1.45.